The van der Waals surface area contributed by atoms with Gasteiger partial charge >= 0.3 is 5.97 Å². The Labute approximate surface area is 87.2 Å². The van der Waals surface area contributed by atoms with E-state index >= 15 is 0 Å². The number of rotatable bonds is 5. The van der Waals surface area contributed by atoms with Gasteiger partial charge in [-0.15, -0.1) is 0 Å². The summed E-state index contributed by atoms with van der Waals surface area (Å²) in [6.45, 7) is -0.0685. The van der Waals surface area contributed by atoms with E-state index in [9.17, 15) is 9.59 Å². The number of carbonyl (C=O) groups excluding carboxylic acids is 1. The fraction of sp³-hybridized carbons (Fsp3) is 0.273. The highest BCUT2D eigenvalue weighted by molar-refractivity contribution is 6.05. The van der Waals surface area contributed by atoms with Crippen LogP contribution in [-0.4, -0.2) is 28.6 Å². The van der Waals surface area contributed by atoms with Gasteiger partial charge in [-0.2, -0.15) is 0 Å². The van der Waals surface area contributed by atoms with Crippen LogP contribution in [0.4, 0.5) is 0 Å². The van der Waals surface area contributed by atoms with Crippen molar-refractivity contribution in [3.63, 3.8) is 0 Å². The number of carboxylic acids is 1. The molecule has 0 spiro atoms. The van der Waals surface area contributed by atoms with Crippen molar-refractivity contribution in [2.75, 3.05) is 6.61 Å². The first-order valence-corrected chi connectivity index (χ1v) is 4.63. The summed E-state index contributed by atoms with van der Waals surface area (Å²) in [7, 11) is 0. The molecule has 4 nitrogen and oxygen atoms in total. The molecule has 0 unspecified atom stereocenters. The summed E-state index contributed by atoms with van der Waals surface area (Å²) >= 11 is 0. The summed E-state index contributed by atoms with van der Waals surface area (Å²) in [6, 6.07) is 6.09. The molecule has 0 aromatic heterocycles. The third-order valence-corrected chi connectivity index (χ3v) is 2.02. The van der Waals surface area contributed by atoms with Crippen LogP contribution in [-0.2, 0) is 0 Å². The van der Waals surface area contributed by atoms with Crippen LogP contribution in [0.1, 0.15) is 33.6 Å². The first-order chi connectivity index (χ1) is 7.16. The number of benzene rings is 1. The minimum Gasteiger partial charge on any atom is -0.478 e. The molecule has 0 saturated heterocycles. The largest absolute Gasteiger partial charge is 0.478 e. The lowest BCUT2D eigenvalue weighted by molar-refractivity contribution is 0.0691. The number of aliphatic hydroxyl groups is 1. The van der Waals surface area contributed by atoms with Gasteiger partial charge in [0, 0.05) is 18.6 Å². The average molecular weight is 208 g/mol. The first kappa shape index (κ1) is 11.4. The number of hydrogen-bond acceptors (Lipinski definition) is 3. The lowest BCUT2D eigenvalue weighted by atomic mass is 10.0. The second-order valence-electron chi connectivity index (χ2n) is 3.10. The summed E-state index contributed by atoms with van der Waals surface area (Å²) in [6.07, 6.45) is 0.521. The lowest BCUT2D eigenvalue weighted by Crippen LogP contribution is -2.08. The van der Waals surface area contributed by atoms with Crippen LogP contribution >= 0.6 is 0 Å². The highest BCUT2D eigenvalue weighted by Gasteiger charge is 2.14. The minimum absolute atomic E-state index is 0.0143. The van der Waals surface area contributed by atoms with Crippen molar-refractivity contribution in [3.8, 4) is 0 Å². The molecule has 0 atom stereocenters. The van der Waals surface area contributed by atoms with Gasteiger partial charge in [0.1, 0.15) is 0 Å². The second kappa shape index (κ2) is 5.26. The molecule has 0 heterocycles. The topological polar surface area (TPSA) is 74.6 Å². The van der Waals surface area contributed by atoms with Crippen molar-refractivity contribution in [1.82, 2.24) is 0 Å². The van der Waals surface area contributed by atoms with Crippen LogP contribution in [0.25, 0.3) is 0 Å². The molecule has 1 aromatic carbocycles. The molecule has 1 aromatic rings. The number of aromatic carboxylic acids is 1. The van der Waals surface area contributed by atoms with Gasteiger partial charge in [-0.3, -0.25) is 4.79 Å². The van der Waals surface area contributed by atoms with Crippen LogP contribution in [0.15, 0.2) is 24.3 Å². The first-order valence-electron chi connectivity index (χ1n) is 4.63. The highest BCUT2D eigenvalue weighted by Crippen LogP contribution is 2.12. The number of carbonyl (C=O) groups is 2. The molecule has 0 saturated carbocycles. The molecule has 0 radical (unpaired) electrons. The van der Waals surface area contributed by atoms with Crippen LogP contribution < -0.4 is 0 Å². The summed E-state index contributed by atoms with van der Waals surface area (Å²) < 4.78 is 0. The van der Waals surface area contributed by atoms with Gasteiger partial charge in [-0.25, -0.2) is 4.79 Å². The number of ketones is 1. The molecule has 0 bridgehead atoms. The van der Waals surface area contributed by atoms with Gasteiger partial charge in [0.15, 0.2) is 5.78 Å². The van der Waals surface area contributed by atoms with Crippen molar-refractivity contribution in [3.05, 3.63) is 35.4 Å². The van der Waals surface area contributed by atoms with E-state index in [0.717, 1.165) is 0 Å². The van der Waals surface area contributed by atoms with E-state index in [1.807, 2.05) is 0 Å². The van der Waals surface area contributed by atoms with E-state index in [1.54, 1.807) is 12.1 Å². The lowest BCUT2D eigenvalue weighted by Gasteiger charge is -2.03. The normalized spacial score (nSPS) is 9.93. The fourth-order valence-electron chi connectivity index (χ4n) is 1.29. The van der Waals surface area contributed by atoms with Crippen molar-refractivity contribution in [2.45, 2.75) is 12.8 Å². The van der Waals surface area contributed by atoms with E-state index in [1.165, 1.54) is 12.1 Å². The van der Waals surface area contributed by atoms with E-state index in [0.29, 0.717) is 6.42 Å². The number of carboxylic acid groups (broad SMARTS) is 1. The van der Waals surface area contributed by atoms with Crippen molar-refractivity contribution < 1.29 is 19.8 Å². The summed E-state index contributed by atoms with van der Waals surface area (Å²) in [5, 5.41) is 17.4. The van der Waals surface area contributed by atoms with Crippen LogP contribution in [0.5, 0.6) is 0 Å². The molecule has 0 aliphatic rings. The highest BCUT2D eigenvalue weighted by atomic mass is 16.4. The Morgan fingerprint density at radius 1 is 1.13 bits per heavy atom. The van der Waals surface area contributed by atoms with E-state index in [4.69, 9.17) is 10.2 Å². The molecule has 0 fully saturated rings. The van der Waals surface area contributed by atoms with Gasteiger partial charge in [0.25, 0.3) is 0 Å². The van der Waals surface area contributed by atoms with Crippen LogP contribution in [0.2, 0.25) is 0 Å². The Bertz CT molecular complexity index is 371. The fourth-order valence-corrected chi connectivity index (χ4v) is 1.29. The maximum absolute atomic E-state index is 11.6. The second-order valence-corrected chi connectivity index (χ2v) is 3.10. The van der Waals surface area contributed by atoms with Gasteiger partial charge < -0.3 is 10.2 Å². The molecule has 0 aliphatic carbocycles. The number of Topliss-reactive ketones (excluding diaryl/α,β-unsaturated/α-hetero) is 1. The van der Waals surface area contributed by atoms with Gasteiger partial charge in [0.05, 0.1) is 5.56 Å². The Morgan fingerprint density at radius 3 is 2.27 bits per heavy atom. The quantitative estimate of drug-likeness (QED) is 0.716. The predicted molar refractivity (Wildman–Crippen MR) is 54.1 cm³/mol. The maximum Gasteiger partial charge on any atom is 0.336 e. The molecule has 4 heteroatoms. The third-order valence-electron chi connectivity index (χ3n) is 2.02. The van der Waals surface area contributed by atoms with Crippen LogP contribution in [0.3, 0.4) is 0 Å². The Hall–Kier alpha value is -1.68. The van der Waals surface area contributed by atoms with E-state index < -0.39 is 5.97 Å². The van der Waals surface area contributed by atoms with Gasteiger partial charge in [-0.05, 0) is 12.5 Å². The summed E-state index contributed by atoms with van der Waals surface area (Å²) in [5.41, 5.74) is 0.221. The number of hydrogen-bond donors (Lipinski definition) is 2. The van der Waals surface area contributed by atoms with Crippen molar-refractivity contribution >= 4 is 11.8 Å². The maximum atomic E-state index is 11.6. The molecular weight excluding hydrogens is 196 g/mol. The minimum atomic E-state index is -1.11. The molecule has 80 valence electrons. The predicted octanol–water partition coefficient (Wildman–Crippen LogP) is 1.34. The van der Waals surface area contributed by atoms with E-state index in [2.05, 4.69) is 0 Å². The standard InChI is InChI=1S/C11H12O4/c12-7-3-6-10(13)8-4-1-2-5-9(8)11(14)15/h1-2,4-5,12H,3,6-7H2,(H,14,15). The molecule has 15 heavy (non-hydrogen) atoms. The zero-order valence-corrected chi connectivity index (χ0v) is 8.14. The molecule has 1 rings (SSSR count). The molecular formula is C11H12O4. The molecule has 2 N–H and O–H groups in total. The van der Waals surface area contributed by atoms with Gasteiger partial charge in [-0.1, -0.05) is 18.2 Å². The van der Waals surface area contributed by atoms with Gasteiger partial charge in [0.2, 0.25) is 0 Å². The zero-order chi connectivity index (χ0) is 11.3. The average Bonchev–Trinajstić information content (AvgIpc) is 2.25. The SMILES string of the molecule is O=C(O)c1ccccc1C(=O)CCCO. The zero-order valence-electron chi connectivity index (χ0n) is 8.14. The Balaban J connectivity index is 2.92. The third kappa shape index (κ3) is 2.89. The van der Waals surface area contributed by atoms with Crippen LogP contribution in [0, 0.1) is 0 Å². The Morgan fingerprint density at radius 2 is 1.73 bits per heavy atom. The monoisotopic (exact) mass is 208 g/mol. The molecule has 0 amide bonds. The summed E-state index contributed by atoms with van der Waals surface area (Å²) in [5.74, 6) is -1.36. The Kier molecular flexibility index (Phi) is 4.00. The number of aliphatic hydroxyl groups excluding tert-OH is 1. The molecule has 0 aliphatic heterocycles. The van der Waals surface area contributed by atoms with E-state index in [-0.39, 0.29) is 29.9 Å². The summed E-state index contributed by atoms with van der Waals surface area (Å²) in [4.78, 5) is 22.4. The van der Waals surface area contributed by atoms with Crippen molar-refractivity contribution in [2.24, 2.45) is 0 Å². The van der Waals surface area contributed by atoms with Crippen molar-refractivity contribution in [1.29, 1.82) is 0 Å². The smallest absolute Gasteiger partial charge is 0.336 e.